The number of hydrogen-bond donors (Lipinski definition) is 0. The maximum atomic E-state index is 11.7. The van der Waals surface area contributed by atoms with E-state index in [4.69, 9.17) is 4.74 Å². The van der Waals surface area contributed by atoms with Crippen molar-refractivity contribution in [1.29, 1.82) is 0 Å². The number of ketones is 1. The molecular formula is C14H15NO4. The molecule has 0 saturated carbocycles. The summed E-state index contributed by atoms with van der Waals surface area (Å²) in [5.74, 6) is 0.633. The molecule has 0 radical (unpaired) electrons. The van der Waals surface area contributed by atoms with Gasteiger partial charge in [-0.1, -0.05) is 13.0 Å². The number of nitro groups is 1. The van der Waals surface area contributed by atoms with E-state index >= 15 is 0 Å². The first kappa shape index (κ1) is 13.3. The number of carbonyl (C=O) groups is 1. The van der Waals surface area contributed by atoms with E-state index < -0.39 is 4.92 Å². The van der Waals surface area contributed by atoms with Crippen LogP contribution < -0.4 is 4.74 Å². The fourth-order valence-corrected chi connectivity index (χ4v) is 2.44. The Morgan fingerprint density at radius 1 is 1.37 bits per heavy atom. The summed E-state index contributed by atoms with van der Waals surface area (Å²) in [4.78, 5) is 22.3. The van der Waals surface area contributed by atoms with Crippen LogP contribution in [0.2, 0.25) is 0 Å². The summed E-state index contributed by atoms with van der Waals surface area (Å²) in [5, 5.41) is 11.1. The van der Waals surface area contributed by atoms with E-state index in [0.29, 0.717) is 29.7 Å². The van der Waals surface area contributed by atoms with Crippen LogP contribution in [0.5, 0.6) is 5.75 Å². The third kappa shape index (κ3) is 2.65. The summed E-state index contributed by atoms with van der Waals surface area (Å²) in [6.45, 7) is 1.96. The number of carbonyl (C=O) groups excluding carboxylic acids is 1. The molecule has 1 aromatic carbocycles. The van der Waals surface area contributed by atoms with Gasteiger partial charge < -0.3 is 4.74 Å². The number of hydrogen-bond acceptors (Lipinski definition) is 4. The summed E-state index contributed by atoms with van der Waals surface area (Å²) in [6, 6.07) is 4.68. The molecule has 0 fully saturated rings. The highest BCUT2D eigenvalue weighted by atomic mass is 16.6. The summed E-state index contributed by atoms with van der Waals surface area (Å²) < 4.78 is 5.20. The van der Waals surface area contributed by atoms with Gasteiger partial charge >= 0.3 is 0 Å². The smallest absolute Gasteiger partial charge is 0.280 e. The van der Waals surface area contributed by atoms with Crippen LogP contribution in [0.15, 0.2) is 24.3 Å². The molecule has 5 nitrogen and oxygen atoms in total. The number of benzene rings is 1. The van der Waals surface area contributed by atoms with E-state index in [1.165, 1.54) is 19.3 Å². The van der Waals surface area contributed by atoms with Gasteiger partial charge in [0.05, 0.1) is 17.6 Å². The molecule has 0 spiro atoms. The molecule has 0 saturated heterocycles. The first-order valence-corrected chi connectivity index (χ1v) is 6.08. The van der Waals surface area contributed by atoms with Crippen LogP contribution in [0.25, 0.3) is 5.57 Å². The fraction of sp³-hybridized carbons (Fsp3) is 0.357. The minimum atomic E-state index is -0.442. The molecule has 1 aliphatic carbocycles. The SMILES string of the molecule is COc1cccc([N+](=O)[O-])c1C1=CC(=O)CC(C)C1. The monoisotopic (exact) mass is 261 g/mol. The van der Waals surface area contributed by atoms with E-state index in [1.807, 2.05) is 6.92 Å². The molecule has 0 bridgehead atoms. The Hall–Kier alpha value is -2.17. The molecule has 0 heterocycles. The van der Waals surface area contributed by atoms with Crippen molar-refractivity contribution in [3.63, 3.8) is 0 Å². The van der Waals surface area contributed by atoms with Crippen molar-refractivity contribution in [3.05, 3.63) is 40.0 Å². The normalized spacial score (nSPS) is 18.9. The lowest BCUT2D eigenvalue weighted by Gasteiger charge is -2.19. The van der Waals surface area contributed by atoms with E-state index in [2.05, 4.69) is 0 Å². The molecule has 0 aliphatic heterocycles. The zero-order valence-corrected chi connectivity index (χ0v) is 10.9. The second-order valence-corrected chi connectivity index (χ2v) is 4.76. The average Bonchev–Trinajstić information content (AvgIpc) is 2.36. The van der Waals surface area contributed by atoms with Crippen molar-refractivity contribution in [2.24, 2.45) is 5.92 Å². The van der Waals surface area contributed by atoms with Crippen molar-refractivity contribution in [3.8, 4) is 5.75 Å². The van der Waals surface area contributed by atoms with Crippen molar-refractivity contribution < 1.29 is 14.5 Å². The summed E-state index contributed by atoms with van der Waals surface area (Å²) in [6.07, 6.45) is 2.64. The van der Waals surface area contributed by atoms with Gasteiger partial charge in [0.25, 0.3) is 5.69 Å². The molecule has 1 atom stereocenters. The number of allylic oxidation sites excluding steroid dienone is 2. The molecule has 19 heavy (non-hydrogen) atoms. The predicted molar refractivity (Wildman–Crippen MR) is 71.0 cm³/mol. The van der Waals surface area contributed by atoms with Crippen molar-refractivity contribution in [1.82, 2.24) is 0 Å². The van der Waals surface area contributed by atoms with Gasteiger partial charge in [0.15, 0.2) is 5.78 Å². The lowest BCUT2D eigenvalue weighted by atomic mass is 9.85. The highest BCUT2D eigenvalue weighted by Crippen LogP contribution is 2.39. The molecular weight excluding hydrogens is 246 g/mol. The van der Waals surface area contributed by atoms with Gasteiger partial charge in [0, 0.05) is 12.5 Å². The molecule has 0 N–H and O–H groups in total. The molecule has 100 valence electrons. The highest BCUT2D eigenvalue weighted by molar-refractivity contribution is 6.00. The van der Waals surface area contributed by atoms with E-state index in [0.717, 1.165) is 0 Å². The van der Waals surface area contributed by atoms with Crippen LogP contribution in [-0.2, 0) is 4.79 Å². The number of rotatable bonds is 3. The minimum Gasteiger partial charge on any atom is -0.496 e. The largest absolute Gasteiger partial charge is 0.496 e. The second kappa shape index (κ2) is 5.22. The van der Waals surface area contributed by atoms with Gasteiger partial charge in [-0.05, 0) is 30.1 Å². The molecule has 5 heteroatoms. The van der Waals surface area contributed by atoms with Crippen molar-refractivity contribution in [2.75, 3.05) is 7.11 Å². The Bertz CT molecular complexity index is 563. The topological polar surface area (TPSA) is 69.4 Å². The summed E-state index contributed by atoms with van der Waals surface area (Å²) in [7, 11) is 1.47. The second-order valence-electron chi connectivity index (χ2n) is 4.76. The van der Waals surface area contributed by atoms with Gasteiger partial charge in [-0.15, -0.1) is 0 Å². The Balaban J connectivity index is 2.60. The third-order valence-corrected chi connectivity index (χ3v) is 3.20. The van der Waals surface area contributed by atoms with E-state index in [1.54, 1.807) is 12.1 Å². The first-order chi connectivity index (χ1) is 9.02. The molecule has 2 rings (SSSR count). The quantitative estimate of drug-likeness (QED) is 0.619. The summed E-state index contributed by atoms with van der Waals surface area (Å²) >= 11 is 0. The Labute approximate surface area is 111 Å². The zero-order chi connectivity index (χ0) is 14.0. The Morgan fingerprint density at radius 3 is 2.68 bits per heavy atom. The molecule has 1 aliphatic rings. The van der Waals surface area contributed by atoms with Gasteiger partial charge in [-0.3, -0.25) is 14.9 Å². The number of nitro benzene ring substituents is 1. The Morgan fingerprint density at radius 2 is 2.11 bits per heavy atom. The van der Waals surface area contributed by atoms with Gasteiger partial charge in [0.1, 0.15) is 5.75 Å². The van der Waals surface area contributed by atoms with Crippen LogP contribution in [0, 0.1) is 16.0 Å². The van der Waals surface area contributed by atoms with Crippen LogP contribution in [0.3, 0.4) is 0 Å². The van der Waals surface area contributed by atoms with Crippen LogP contribution >= 0.6 is 0 Å². The Kier molecular flexibility index (Phi) is 3.64. The van der Waals surface area contributed by atoms with Crippen molar-refractivity contribution >= 4 is 17.0 Å². The van der Waals surface area contributed by atoms with Crippen LogP contribution in [0.1, 0.15) is 25.3 Å². The maximum absolute atomic E-state index is 11.7. The highest BCUT2D eigenvalue weighted by Gasteiger charge is 2.26. The summed E-state index contributed by atoms with van der Waals surface area (Å²) in [5.41, 5.74) is 1.09. The first-order valence-electron chi connectivity index (χ1n) is 6.08. The lowest BCUT2D eigenvalue weighted by Crippen LogP contribution is -2.12. The fourth-order valence-electron chi connectivity index (χ4n) is 2.44. The van der Waals surface area contributed by atoms with Gasteiger partial charge in [-0.25, -0.2) is 0 Å². The molecule has 1 aromatic rings. The van der Waals surface area contributed by atoms with E-state index in [-0.39, 0.29) is 17.4 Å². The van der Waals surface area contributed by atoms with Crippen LogP contribution in [0.4, 0.5) is 5.69 Å². The molecule has 1 unspecified atom stereocenters. The van der Waals surface area contributed by atoms with Gasteiger partial charge in [0.2, 0.25) is 0 Å². The number of methoxy groups -OCH3 is 1. The minimum absolute atomic E-state index is 0.00829. The maximum Gasteiger partial charge on any atom is 0.280 e. The van der Waals surface area contributed by atoms with E-state index in [9.17, 15) is 14.9 Å². The lowest BCUT2D eigenvalue weighted by molar-refractivity contribution is -0.385. The van der Waals surface area contributed by atoms with Crippen LogP contribution in [-0.4, -0.2) is 17.8 Å². The third-order valence-electron chi connectivity index (χ3n) is 3.20. The zero-order valence-electron chi connectivity index (χ0n) is 10.9. The molecule has 0 aromatic heterocycles. The molecule has 0 amide bonds. The average molecular weight is 261 g/mol. The number of nitrogens with zero attached hydrogens (tertiary/aromatic N) is 1. The van der Waals surface area contributed by atoms with Crippen molar-refractivity contribution in [2.45, 2.75) is 19.8 Å². The predicted octanol–water partition coefficient (Wildman–Crippen LogP) is 2.99. The number of ether oxygens (including phenoxy) is 1. The van der Waals surface area contributed by atoms with Gasteiger partial charge in [-0.2, -0.15) is 0 Å². The standard InChI is InChI=1S/C14H15NO4/c1-9-6-10(8-11(16)7-9)14-12(15(17)18)4-3-5-13(14)19-2/h3-5,8-9H,6-7H2,1-2H3.